The van der Waals surface area contributed by atoms with Gasteiger partial charge in [0.05, 0.1) is 13.0 Å². The van der Waals surface area contributed by atoms with E-state index >= 15 is 0 Å². The number of fused-ring (bicyclic) bond motifs is 3. The molecule has 0 unspecified atom stereocenters. The summed E-state index contributed by atoms with van der Waals surface area (Å²) in [6.07, 6.45) is 1.16. The molecule has 1 amide bonds. The van der Waals surface area contributed by atoms with Crippen molar-refractivity contribution in [2.24, 2.45) is 0 Å². The van der Waals surface area contributed by atoms with Crippen LogP contribution in [0.3, 0.4) is 0 Å². The number of carbonyl (C=O) groups excluding carboxylic acids is 1. The third-order valence-corrected chi connectivity index (χ3v) is 5.09. The lowest BCUT2D eigenvalue weighted by molar-refractivity contribution is -0.131. The highest BCUT2D eigenvalue weighted by Crippen LogP contribution is 2.28. The summed E-state index contributed by atoms with van der Waals surface area (Å²) < 4.78 is 14.5. The van der Waals surface area contributed by atoms with Crippen LogP contribution in [0, 0.1) is 5.82 Å². The predicted octanol–water partition coefficient (Wildman–Crippen LogP) is 4.20. The van der Waals surface area contributed by atoms with Crippen molar-refractivity contribution in [3.05, 3.63) is 69.6 Å². The monoisotopic (exact) mass is 386 g/mol. The summed E-state index contributed by atoms with van der Waals surface area (Å²) in [5.41, 5.74) is 4.10. The van der Waals surface area contributed by atoms with Crippen molar-refractivity contribution in [2.75, 3.05) is 6.54 Å². The van der Waals surface area contributed by atoms with Crippen LogP contribution in [-0.4, -0.2) is 22.3 Å². The number of benzene rings is 2. The summed E-state index contributed by atoms with van der Waals surface area (Å²) >= 11 is 3.40. The summed E-state index contributed by atoms with van der Waals surface area (Å²) in [6, 6.07) is 12.6. The maximum absolute atomic E-state index is 13.5. The van der Waals surface area contributed by atoms with E-state index in [0.29, 0.717) is 19.5 Å². The molecule has 0 atom stereocenters. The molecule has 0 saturated heterocycles. The van der Waals surface area contributed by atoms with Crippen molar-refractivity contribution in [3.63, 3.8) is 0 Å². The number of nitrogens with one attached hydrogen (secondary N) is 1. The first-order valence-corrected chi connectivity index (χ1v) is 8.70. The summed E-state index contributed by atoms with van der Waals surface area (Å²) in [7, 11) is 0. The molecule has 1 N–H and O–H groups in total. The zero-order valence-electron chi connectivity index (χ0n) is 13.0. The lowest BCUT2D eigenvalue weighted by Gasteiger charge is -2.27. The van der Waals surface area contributed by atoms with Crippen molar-refractivity contribution in [1.82, 2.24) is 9.88 Å². The van der Waals surface area contributed by atoms with Crippen LogP contribution in [0.1, 0.15) is 16.8 Å². The van der Waals surface area contributed by atoms with E-state index in [1.54, 1.807) is 12.1 Å². The molecule has 0 fully saturated rings. The molecule has 2 aromatic carbocycles. The minimum Gasteiger partial charge on any atom is -0.357 e. The van der Waals surface area contributed by atoms with E-state index in [0.717, 1.165) is 38.6 Å². The number of halogens is 2. The minimum atomic E-state index is -0.224. The van der Waals surface area contributed by atoms with Crippen LogP contribution >= 0.6 is 15.9 Å². The average molecular weight is 387 g/mol. The van der Waals surface area contributed by atoms with E-state index < -0.39 is 0 Å². The lowest BCUT2D eigenvalue weighted by Crippen LogP contribution is -2.36. The van der Waals surface area contributed by atoms with Crippen molar-refractivity contribution in [3.8, 4) is 0 Å². The Kier molecular flexibility index (Phi) is 3.88. The van der Waals surface area contributed by atoms with Gasteiger partial charge in [-0.2, -0.15) is 0 Å². The zero-order valence-corrected chi connectivity index (χ0v) is 14.6. The molecule has 122 valence electrons. The molecule has 1 aromatic heterocycles. The van der Waals surface area contributed by atoms with Gasteiger partial charge in [-0.25, -0.2) is 4.39 Å². The van der Waals surface area contributed by atoms with E-state index in [-0.39, 0.29) is 11.7 Å². The molecule has 0 saturated carbocycles. The van der Waals surface area contributed by atoms with Gasteiger partial charge in [-0.1, -0.05) is 28.1 Å². The molecule has 1 aliphatic rings. The third-order valence-electron chi connectivity index (χ3n) is 4.56. The maximum atomic E-state index is 13.5. The first-order chi connectivity index (χ1) is 11.6. The maximum Gasteiger partial charge on any atom is 0.227 e. The van der Waals surface area contributed by atoms with Crippen LogP contribution in [0.2, 0.25) is 0 Å². The Morgan fingerprint density at radius 2 is 2.00 bits per heavy atom. The van der Waals surface area contributed by atoms with Gasteiger partial charge < -0.3 is 9.88 Å². The van der Waals surface area contributed by atoms with Gasteiger partial charge in [0.25, 0.3) is 0 Å². The number of rotatable bonds is 2. The fourth-order valence-electron chi connectivity index (χ4n) is 3.31. The van der Waals surface area contributed by atoms with Gasteiger partial charge in [0.1, 0.15) is 5.82 Å². The van der Waals surface area contributed by atoms with Crippen molar-refractivity contribution in [2.45, 2.75) is 19.4 Å². The number of hydrogen-bond donors (Lipinski definition) is 1. The molecule has 2 heterocycles. The molecule has 0 radical (unpaired) electrons. The molecule has 24 heavy (non-hydrogen) atoms. The SMILES string of the molecule is O=C(Cc1ccc(Br)cc1)N1CCc2c([nH]c3ccc(F)cc23)C1. The molecule has 0 aliphatic carbocycles. The predicted molar refractivity (Wildman–Crippen MR) is 95.2 cm³/mol. The van der Waals surface area contributed by atoms with Gasteiger partial charge in [-0.3, -0.25) is 4.79 Å². The largest absolute Gasteiger partial charge is 0.357 e. The number of H-pyrrole nitrogens is 1. The molecular formula is C19H16BrFN2O. The van der Waals surface area contributed by atoms with Crippen LogP contribution in [0.25, 0.3) is 10.9 Å². The number of aromatic nitrogens is 1. The molecule has 1 aliphatic heterocycles. The van der Waals surface area contributed by atoms with Crippen LogP contribution in [0.5, 0.6) is 0 Å². The first-order valence-electron chi connectivity index (χ1n) is 7.91. The molecule has 5 heteroatoms. The number of aromatic amines is 1. The van der Waals surface area contributed by atoms with E-state index in [1.165, 1.54) is 6.07 Å². The standard InChI is InChI=1S/C19H16BrFN2O/c20-13-3-1-12(2-4-13)9-19(24)23-8-7-15-16-10-14(21)5-6-17(16)22-18(15)11-23/h1-6,10,22H,7-9,11H2. The Bertz CT molecular complexity index is 917. The Labute approximate surface area is 147 Å². The summed E-state index contributed by atoms with van der Waals surface area (Å²) in [5, 5.41) is 0.935. The second-order valence-electron chi connectivity index (χ2n) is 6.14. The summed E-state index contributed by atoms with van der Waals surface area (Å²) in [4.78, 5) is 17.8. The van der Waals surface area contributed by atoms with Gasteiger partial charge in [0.15, 0.2) is 0 Å². The second kappa shape index (κ2) is 6.06. The molecule has 3 aromatic rings. The minimum absolute atomic E-state index is 0.118. The summed E-state index contributed by atoms with van der Waals surface area (Å²) in [6.45, 7) is 1.23. The Morgan fingerprint density at radius 1 is 1.21 bits per heavy atom. The molecule has 0 bridgehead atoms. The fraction of sp³-hybridized carbons (Fsp3) is 0.211. The van der Waals surface area contributed by atoms with Crippen LogP contribution < -0.4 is 0 Å². The van der Waals surface area contributed by atoms with Gasteiger partial charge in [-0.15, -0.1) is 0 Å². The number of nitrogens with zero attached hydrogens (tertiary/aromatic N) is 1. The summed E-state index contributed by atoms with van der Waals surface area (Å²) in [5.74, 6) is -0.106. The van der Waals surface area contributed by atoms with E-state index in [9.17, 15) is 9.18 Å². The van der Waals surface area contributed by atoms with Crippen molar-refractivity contribution in [1.29, 1.82) is 0 Å². The second-order valence-corrected chi connectivity index (χ2v) is 7.06. The number of carbonyl (C=O) groups is 1. The van der Waals surface area contributed by atoms with E-state index in [1.807, 2.05) is 29.2 Å². The highest BCUT2D eigenvalue weighted by Gasteiger charge is 2.24. The normalized spacial score (nSPS) is 14.0. The fourth-order valence-corrected chi connectivity index (χ4v) is 3.58. The van der Waals surface area contributed by atoms with Gasteiger partial charge >= 0.3 is 0 Å². The Balaban J connectivity index is 1.54. The van der Waals surface area contributed by atoms with Gasteiger partial charge in [-0.05, 0) is 47.9 Å². The van der Waals surface area contributed by atoms with Crippen molar-refractivity contribution >= 4 is 32.7 Å². The third kappa shape index (κ3) is 2.84. The van der Waals surface area contributed by atoms with E-state index in [4.69, 9.17) is 0 Å². The molecule has 0 spiro atoms. The quantitative estimate of drug-likeness (QED) is 0.703. The Morgan fingerprint density at radius 3 is 2.79 bits per heavy atom. The highest BCUT2D eigenvalue weighted by atomic mass is 79.9. The lowest BCUT2D eigenvalue weighted by atomic mass is 10.0. The topological polar surface area (TPSA) is 36.1 Å². The highest BCUT2D eigenvalue weighted by molar-refractivity contribution is 9.10. The van der Waals surface area contributed by atoms with Crippen LogP contribution in [0.15, 0.2) is 46.9 Å². The molecule has 4 rings (SSSR count). The average Bonchev–Trinajstić information content (AvgIpc) is 2.94. The van der Waals surface area contributed by atoms with Crippen LogP contribution in [0.4, 0.5) is 4.39 Å². The Hall–Kier alpha value is -2.14. The van der Waals surface area contributed by atoms with Crippen LogP contribution in [-0.2, 0) is 24.2 Å². The van der Waals surface area contributed by atoms with Crippen molar-refractivity contribution < 1.29 is 9.18 Å². The molecular weight excluding hydrogens is 371 g/mol. The number of amides is 1. The van der Waals surface area contributed by atoms with E-state index in [2.05, 4.69) is 20.9 Å². The zero-order chi connectivity index (χ0) is 16.7. The van der Waals surface area contributed by atoms with Gasteiger partial charge in [0, 0.05) is 27.6 Å². The number of hydrogen-bond acceptors (Lipinski definition) is 1. The molecule has 3 nitrogen and oxygen atoms in total. The smallest absolute Gasteiger partial charge is 0.227 e. The first kappa shape index (κ1) is 15.4. The van der Waals surface area contributed by atoms with Gasteiger partial charge in [0.2, 0.25) is 5.91 Å².